The first-order valence-corrected chi connectivity index (χ1v) is 4.65. The summed E-state index contributed by atoms with van der Waals surface area (Å²) in [6.07, 6.45) is 5.04. The molecule has 1 aromatic carbocycles. The molecule has 0 unspecified atom stereocenters. The number of para-hydroxylation sites is 2. The van der Waals surface area contributed by atoms with E-state index in [1.165, 1.54) is 5.52 Å². The molecule has 0 radical (unpaired) electrons. The summed E-state index contributed by atoms with van der Waals surface area (Å²) in [6.45, 7) is 3.24. The van der Waals surface area contributed by atoms with Crippen LogP contribution >= 0.6 is 0 Å². The average molecular weight is 173 g/mol. The summed E-state index contributed by atoms with van der Waals surface area (Å²) in [4.78, 5) is 4.30. The zero-order valence-corrected chi connectivity index (χ0v) is 7.77. The monoisotopic (exact) mass is 173 g/mol. The third kappa shape index (κ3) is 1.52. The number of hydrogen-bond acceptors (Lipinski definition) is 1. The standard InChI is InChI=1S/C11H13N2/c1-2-8-13-9-7-12-10-5-3-4-6-11(10)13/h3-7,9H,2,8H2,1H3/q+1. The number of aromatic nitrogens is 2. The molecule has 0 saturated heterocycles. The molecule has 1 heterocycles. The molecule has 0 bridgehead atoms. The van der Waals surface area contributed by atoms with E-state index >= 15 is 0 Å². The molecule has 1 aromatic heterocycles. The van der Waals surface area contributed by atoms with Gasteiger partial charge >= 0.3 is 0 Å². The van der Waals surface area contributed by atoms with Crippen LogP contribution in [-0.4, -0.2) is 4.98 Å². The minimum Gasteiger partial charge on any atom is -0.244 e. The van der Waals surface area contributed by atoms with Crippen LogP contribution in [0, 0.1) is 0 Å². The lowest BCUT2D eigenvalue weighted by Gasteiger charge is -1.97. The molecule has 0 aliphatic rings. The van der Waals surface area contributed by atoms with Crippen molar-refractivity contribution in [2.45, 2.75) is 19.9 Å². The number of fused-ring (bicyclic) bond motifs is 1. The SMILES string of the molecule is CCC[n+]1ccnc2ccccc21. The van der Waals surface area contributed by atoms with Gasteiger partial charge in [-0.25, -0.2) is 4.98 Å². The highest BCUT2D eigenvalue weighted by atomic mass is 15.0. The number of hydrogen-bond donors (Lipinski definition) is 0. The highest BCUT2D eigenvalue weighted by Crippen LogP contribution is 2.04. The maximum absolute atomic E-state index is 4.30. The molecule has 2 rings (SSSR count). The van der Waals surface area contributed by atoms with Crippen LogP contribution in [0.1, 0.15) is 13.3 Å². The van der Waals surface area contributed by atoms with Crippen molar-refractivity contribution in [1.82, 2.24) is 4.98 Å². The second-order valence-electron chi connectivity index (χ2n) is 3.11. The van der Waals surface area contributed by atoms with Crippen molar-refractivity contribution in [2.75, 3.05) is 0 Å². The Morgan fingerprint density at radius 2 is 2.15 bits per heavy atom. The fraction of sp³-hybridized carbons (Fsp3) is 0.273. The van der Waals surface area contributed by atoms with E-state index in [9.17, 15) is 0 Å². The highest BCUT2D eigenvalue weighted by molar-refractivity contribution is 5.69. The molecule has 0 saturated carbocycles. The molecule has 66 valence electrons. The summed E-state index contributed by atoms with van der Waals surface area (Å²) in [6, 6.07) is 8.22. The molecular formula is C11H13N2+. The molecule has 2 aromatic rings. The average Bonchev–Trinajstić information content (AvgIpc) is 2.19. The van der Waals surface area contributed by atoms with Gasteiger partial charge in [0.15, 0.2) is 6.20 Å². The Kier molecular flexibility index (Phi) is 2.21. The molecule has 2 nitrogen and oxygen atoms in total. The van der Waals surface area contributed by atoms with Gasteiger partial charge in [0.05, 0.1) is 6.20 Å². The first-order chi connectivity index (χ1) is 6.42. The van der Waals surface area contributed by atoms with E-state index in [1.807, 2.05) is 24.5 Å². The number of aryl methyl sites for hydroxylation is 1. The topological polar surface area (TPSA) is 16.8 Å². The van der Waals surface area contributed by atoms with E-state index < -0.39 is 0 Å². The van der Waals surface area contributed by atoms with E-state index in [-0.39, 0.29) is 0 Å². The molecule has 0 aliphatic heterocycles. The summed E-state index contributed by atoms with van der Waals surface area (Å²) >= 11 is 0. The van der Waals surface area contributed by atoms with Crippen molar-refractivity contribution in [1.29, 1.82) is 0 Å². The Morgan fingerprint density at radius 3 is 3.00 bits per heavy atom. The zero-order chi connectivity index (χ0) is 9.10. The fourth-order valence-electron chi connectivity index (χ4n) is 1.53. The highest BCUT2D eigenvalue weighted by Gasteiger charge is 2.05. The van der Waals surface area contributed by atoms with Gasteiger partial charge < -0.3 is 0 Å². The summed E-state index contributed by atoms with van der Waals surface area (Å²) in [5.74, 6) is 0. The number of nitrogens with zero attached hydrogens (tertiary/aromatic N) is 2. The Morgan fingerprint density at radius 1 is 1.31 bits per heavy atom. The van der Waals surface area contributed by atoms with Crippen LogP contribution in [0.5, 0.6) is 0 Å². The van der Waals surface area contributed by atoms with Gasteiger partial charge in [-0.1, -0.05) is 19.1 Å². The predicted molar refractivity (Wildman–Crippen MR) is 52.2 cm³/mol. The van der Waals surface area contributed by atoms with Crippen molar-refractivity contribution in [3.05, 3.63) is 36.7 Å². The van der Waals surface area contributed by atoms with Crippen molar-refractivity contribution in [3.63, 3.8) is 0 Å². The molecule has 0 N–H and O–H groups in total. The van der Waals surface area contributed by atoms with Crippen LogP contribution in [0.2, 0.25) is 0 Å². The Labute approximate surface area is 77.9 Å². The van der Waals surface area contributed by atoms with Gasteiger partial charge in [-0.05, 0) is 6.07 Å². The molecule has 0 amide bonds. The third-order valence-corrected chi connectivity index (χ3v) is 2.12. The molecule has 13 heavy (non-hydrogen) atoms. The Hall–Kier alpha value is -1.44. The quantitative estimate of drug-likeness (QED) is 0.634. The lowest BCUT2D eigenvalue weighted by molar-refractivity contribution is -0.671. The van der Waals surface area contributed by atoms with E-state index in [2.05, 4.69) is 28.6 Å². The van der Waals surface area contributed by atoms with Crippen molar-refractivity contribution < 1.29 is 4.57 Å². The van der Waals surface area contributed by atoms with Crippen LogP contribution in [0.25, 0.3) is 11.0 Å². The van der Waals surface area contributed by atoms with E-state index in [0.717, 1.165) is 18.5 Å². The van der Waals surface area contributed by atoms with Gasteiger partial charge in [-0.15, -0.1) is 0 Å². The van der Waals surface area contributed by atoms with Crippen LogP contribution in [-0.2, 0) is 6.54 Å². The van der Waals surface area contributed by atoms with Gasteiger partial charge in [-0.3, -0.25) is 0 Å². The van der Waals surface area contributed by atoms with Gasteiger partial charge in [0, 0.05) is 12.5 Å². The maximum Gasteiger partial charge on any atom is 0.231 e. The van der Waals surface area contributed by atoms with E-state index in [1.54, 1.807) is 0 Å². The summed E-state index contributed by atoms with van der Waals surface area (Å²) < 4.78 is 2.24. The molecular weight excluding hydrogens is 160 g/mol. The van der Waals surface area contributed by atoms with Crippen LogP contribution in [0.15, 0.2) is 36.7 Å². The first kappa shape index (κ1) is 8.17. The maximum atomic E-state index is 4.30. The van der Waals surface area contributed by atoms with Crippen molar-refractivity contribution in [3.8, 4) is 0 Å². The largest absolute Gasteiger partial charge is 0.244 e. The lowest BCUT2D eigenvalue weighted by Crippen LogP contribution is -2.33. The normalized spacial score (nSPS) is 10.5. The van der Waals surface area contributed by atoms with Gasteiger partial charge in [0.25, 0.3) is 0 Å². The lowest BCUT2D eigenvalue weighted by atomic mass is 10.3. The molecule has 2 heteroatoms. The predicted octanol–water partition coefficient (Wildman–Crippen LogP) is 1.93. The van der Waals surface area contributed by atoms with Crippen molar-refractivity contribution in [2.24, 2.45) is 0 Å². The van der Waals surface area contributed by atoms with E-state index in [4.69, 9.17) is 0 Å². The number of benzene rings is 1. The Balaban J connectivity index is 2.61. The Bertz CT molecular complexity index is 404. The van der Waals surface area contributed by atoms with Gasteiger partial charge in [-0.2, -0.15) is 4.57 Å². The minimum absolute atomic E-state index is 1.06. The number of rotatable bonds is 2. The minimum atomic E-state index is 1.06. The second-order valence-corrected chi connectivity index (χ2v) is 3.11. The zero-order valence-electron chi connectivity index (χ0n) is 7.77. The van der Waals surface area contributed by atoms with Gasteiger partial charge in [0.2, 0.25) is 5.52 Å². The molecule has 0 fully saturated rings. The molecule has 0 spiro atoms. The summed E-state index contributed by atoms with van der Waals surface area (Å²) in [5, 5.41) is 0. The van der Waals surface area contributed by atoms with E-state index in [0.29, 0.717) is 0 Å². The second kappa shape index (κ2) is 3.52. The summed E-state index contributed by atoms with van der Waals surface area (Å²) in [7, 11) is 0. The molecule has 0 atom stereocenters. The summed E-state index contributed by atoms with van der Waals surface area (Å²) in [5.41, 5.74) is 2.28. The smallest absolute Gasteiger partial charge is 0.231 e. The van der Waals surface area contributed by atoms with Crippen LogP contribution in [0.4, 0.5) is 0 Å². The van der Waals surface area contributed by atoms with Crippen LogP contribution in [0.3, 0.4) is 0 Å². The van der Waals surface area contributed by atoms with Crippen LogP contribution < -0.4 is 4.57 Å². The third-order valence-electron chi connectivity index (χ3n) is 2.12. The fourth-order valence-corrected chi connectivity index (χ4v) is 1.53. The first-order valence-electron chi connectivity index (χ1n) is 4.65. The van der Waals surface area contributed by atoms with Gasteiger partial charge in [0.1, 0.15) is 12.1 Å². The molecule has 0 aliphatic carbocycles. The van der Waals surface area contributed by atoms with Crippen molar-refractivity contribution >= 4 is 11.0 Å².